The molecule has 2 aliphatic heterocycles. The second kappa shape index (κ2) is 3.65. The van der Waals surface area contributed by atoms with Gasteiger partial charge in [-0.3, -0.25) is 0 Å². The molecule has 8 nitrogen and oxygen atoms in total. The lowest BCUT2D eigenvalue weighted by Gasteiger charge is -2.15. The minimum atomic E-state index is -1.46. The van der Waals surface area contributed by atoms with E-state index < -0.39 is 42.0 Å². The zero-order valence-corrected chi connectivity index (χ0v) is 7.82. The topological polar surface area (TPSA) is 123 Å². The van der Waals surface area contributed by atoms with Gasteiger partial charge in [-0.05, 0) is 0 Å². The fourth-order valence-electron chi connectivity index (χ4n) is 1.43. The highest BCUT2D eigenvalue weighted by Crippen LogP contribution is 2.27. The number of aliphatic hydroxyl groups excluding tert-OH is 2. The van der Waals surface area contributed by atoms with E-state index in [0.717, 1.165) is 0 Å². The normalized spacial score (nSPS) is 34.2. The van der Waals surface area contributed by atoms with E-state index in [2.05, 4.69) is 4.74 Å². The second-order valence-electron chi connectivity index (χ2n) is 3.24. The largest absolute Gasteiger partial charge is 0.505 e. The third-order valence-electron chi connectivity index (χ3n) is 2.19. The number of hydrogen-bond donors (Lipinski definition) is 3. The Balaban J connectivity index is 2.07. The van der Waals surface area contributed by atoms with Crippen molar-refractivity contribution < 1.29 is 39.1 Å². The molecule has 0 radical (unpaired) electrons. The summed E-state index contributed by atoms with van der Waals surface area (Å²) in [5.41, 5.74) is 0. The van der Waals surface area contributed by atoms with Gasteiger partial charge in [0.05, 0.1) is 6.61 Å². The van der Waals surface area contributed by atoms with Crippen molar-refractivity contribution in [3.63, 3.8) is 0 Å². The molecule has 0 aromatic heterocycles. The number of rotatable bonds is 2. The Morgan fingerprint density at radius 1 is 1.38 bits per heavy atom. The van der Waals surface area contributed by atoms with E-state index in [-0.39, 0.29) is 6.61 Å². The first kappa shape index (κ1) is 10.7. The number of ether oxygens (including phenoxy) is 3. The van der Waals surface area contributed by atoms with E-state index in [0.29, 0.717) is 0 Å². The highest BCUT2D eigenvalue weighted by molar-refractivity contribution is 5.89. The van der Waals surface area contributed by atoms with Crippen molar-refractivity contribution in [2.24, 2.45) is 0 Å². The zero-order valence-electron chi connectivity index (χ0n) is 7.82. The van der Waals surface area contributed by atoms with Gasteiger partial charge in [0, 0.05) is 0 Å². The molecule has 2 aliphatic rings. The average Bonchev–Trinajstić information content (AvgIpc) is 2.79. The summed E-state index contributed by atoms with van der Waals surface area (Å²) in [5, 5.41) is 26.9. The van der Waals surface area contributed by atoms with Crippen LogP contribution in [0.25, 0.3) is 0 Å². The molecule has 3 atom stereocenters. The molecule has 88 valence electrons. The molecule has 0 aromatic rings. The van der Waals surface area contributed by atoms with Crippen LogP contribution >= 0.6 is 0 Å². The van der Waals surface area contributed by atoms with Crippen LogP contribution in [0.5, 0.6) is 0 Å². The lowest BCUT2D eigenvalue weighted by Crippen LogP contribution is -2.32. The molecule has 3 N–H and O–H groups in total. The summed E-state index contributed by atoms with van der Waals surface area (Å²) in [6, 6.07) is 0. The van der Waals surface area contributed by atoms with Gasteiger partial charge in [0.25, 0.3) is 6.29 Å². The summed E-state index contributed by atoms with van der Waals surface area (Å²) in [6.07, 6.45) is -3.63. The number of aliphatic hydroxyl groups is 2. The van der Waals surface area contributed by atoms with Gasteiger partial charge >= 0.3 is 11.9 Å². The van der Waals surface area contributed by atoms with Crippen molar-refractivity contribution in [2.45, 2.75) is 18.5 Å². The average molecular weight is 232 g/mol. The Morgan fingerprint density at radius 3 is 2.50 bits per heavy atom. The van der Waals surface area contributed by atoms with Gasteiger partial charge in [-0.25, -0.2) is 9.59 Å². The maximum absolute atomic E-state index is 10.9. The van der Waals surface area contributed by atoms with Gasteiger partial charge in [-0.1, -0.05) is 0 Å². The Hall–Kier alpha value is -1.80. The number of carboxylic acids is 1. The van der Waals surface area contributed by atoms with Gasteiger partial charge in [0.15, 0.2) is 11.9 Å². The first-order valence-corrected chi connectivity index (χ1v) is 4.33. The summed E-state index contributed by atoms with van der Waals surface area (Å²) in [6.45, 7) is -0.160. The van der Waals surface area contributed by atoms with Crippen molar-refractivity contribution in [2.75, 3.05) is 6.61 Å². The van der Waals surface area contributed by atoms with Crippen LogP contribution in [0.4, 0.5) is 0 Å². The van der Waals surface area contributed by atoms with Crippen molar-refractivity contribution in [1.82, 2.24) is 0 Å². The highest BCUT2D eigenvalue weighted by atomic mass is 16.7. The summed E-state index contributed by atoms with van der Waals surface area (Å²) in [4.78, 5) is 21.4. The molecule has 2 unspecified atom stereocenters. The second-order valence-corrected chi connectivity index (χ2v) is 3.24. The van der Waals surface area contributed by atoms with E-state index in [4.69, 9.17) is 19.7 Å². The van der Waals surface area contributed by atoms with E-state index in [9.17, 15) is 14.7 Å². The molecule has 0 aliphatic carbocycles. The quantitative estimate of drug-likeness (QED) is 0.521. The van der Waals surface area contributed by atoms with Crippen LogP contribution in [0.2, 0.25) is 0 Å². The number of hydrogen-bond acceptors (Lipinski definition) is 7. The molecule has 2 heterocycles. The van der Waals surface area contributed by atoms with Crippen molar-refractivity contribution >= 4 is 11.9 Å². The van der Waals surface area contributed by atoms with Crippen molar-refractivity contribution in [3.05, 3.63) is 11.5 Å². The van der Waals surface area contributed by atoms with Gasteiger partial charge < -0.3 is 29.5 Å². The van der Waals surface area contributed by atoms with Crippen molar-refractivity contribution in [1.29, 1.82) is 0 Å². The third-order valence-corrected chi connectivity index (χ3v) is 2.19. The zero-order chi connectivity index (χ0) is 11.9. The van der Waals surface area contributed by atoms with E-state index in [1.165, 1.54) is 0 Å². The molecule has 8 heteroatoms. The molecule has 1 fully saturated rings. The van der Waals surface area contributed by atoms with E-state index in [1.54, 1.807) is 0 Å². The SMILES string of the molecule is O=C1O[C@H](C2COC(C(=O)O)O2)C(O)=C1O. The molecule has 0 bridgehead atoms. The predicted octanol–water partition coefficient (Wildman–Crippen LogP) is -0.934. The molecule has 0 aromatic carbocycles. The van der Waals surface area contributed by atoms with Gasteiger partial charge in [-0.15, -0.1) is 0 Å². The van der Waals surface area contributed by atoms with Gasteiger partial charge in [-0.2, -0.15) is 0 Å². The molecule has 1 saturated heterocycles. The Bertz CT molecular complexity index is 372. The molecule has 16 heavy (non-hydrogen) atoms. The monoisotopic (exact) mass is 232 g/mol. The number of carbonyl (C=O) groups excluding carboxylic acids is 1. The van der Waals surface area contributed by atoms with Crippen LogP contribution in [-0.4, -0.2) is 52.4 Å². The first-order chi connectivity index (χ1) is 7.50. The molecule has 2 rings (SSSR count). The van der Waals surface area contributed by atoms with E-state index in [1.807, 2.05) is 0 Å². The molecular weight excluding hydrogens is 224 g/mol. The number of carboxylic acid groups (broad SMARTS) is 1. The minimum Gasteiger partial charge on any atom is -0.505 e. The van der Waals surface area contributed by atoms with Crippen LogP contribution in [0.3, 0.4) is 0 Å². The highest BCUT2D eigenvalue weighted by Gasteiger charge is 2.45. The number of esters is 1. The first-order valence-electron chi connectivity index (χ1n) is 4.33. The van der Waals surface area contributed by atoms with Crippen LogP contribution < -0.4 is 0 Å². The van der Waals surface area contributed by atoms with Crippen LogP contribution in [0.1, 0.15) is 0 Å². The fourth-order valence-corrected chi connectivity index (χ4v) is 1.43. The summed E-state index contributed by atoms with van der Waals surface area (Å²) in [7, 11) is 0. The van der Waals surface area contributed by atoms with Crippen LogP contribution in [-0.2, 0) is 23.8 Å². The van der Waals surface area contributed by atoms with Gasteiger partial charge in [0.1, 0.15) is 6.10 Å². The van der Waals surface area contributed by atoms with Crippen molar-refractivity contribution in [3.8, 4) is 0 Å². The Labute approximate surface area is 88.6 Å². The summed E-state index contributed by atoms with van der Waals surface area (Å²) in [5.74, 6) is -3.97. The lowest BCUT2D eigenvalue weighted by molar-refractivity contribution is -0.170. The Kier molecular flexibility index (Phi) is 2.44. The predicted molar refractivity (Wildman–Crippen MR) is 44.4 cm³/mol. The van der Waals surface area contributed by atoms with Gasteiger partial charge in [0.2, 0.25) is 5.76 Å². The maximum atomic E-state index is 10.9. The third kappa shape index (κ3) is 1.57. The fraction of sp³-hybridized carbons (Fsp3) is 0.500. The number of cyclic esters (lactones) is 1. The lowest BCUT2D eigenvalue weighted by atomic mass is 10.2. The van der Waals surface area contributed by atoms with Crippen LogP contribution in [0, 0.1) is 0 Å². The maximum Gasteiger partial charge on any atom is 0.377 e. The Morgan fingerprint density at radius 2 is 2.06 bits per heavy atom. The molecule has 0 amide bonds. The molecular formula is C8H8O8. The summed E-state index contributed by atoms with van der Waals surface area (Å²) < 4.78 is 14.2. The van der Waals surface area contributed by atoms with Crippen LogP contribution in [0.15, 0.2) is 11.5 Å². The summed E-state index contributed by atoms with van der Waals surface area (Å²) >= 11 is 0. The minimum absolute atomic E-state index is 0.160. The van der Waals surface area contributed by atoms with E-state index >= 15 is 0 Å². The number of carbonyl (C=O) groups is 2. The molecule has 0 spiro atoms. The number of aliphatic carboxylic acids is 1. The molecule has 0 saturated carbocycles. The smallest absolute Gasteiger partial charge is 0.377 e. The standard InChI is InChI=1S/C8H8O8/c9-3-4(10)7(13)16-5(3)2-1-14-8(15-2)6(11)12/h2,5,8-10H,1H2,(H,11,12)/t2?,5-,8?/m1/s1.